The van der Waals surface area contributed by atoms with Crippen LogP contribution in [0.2, 0.25) is 0 Å². The monoisotopic (exact) mass is 279 g/mol. The first-order valence-corrected chi connectivity index (χ1v) is 8.31. The third-order valence-electron chi connectivity index (χ3n) is 4.56. The Morgan fingerprint density at radius 3 is 2.00 bits per heavy atom. The fourth-order valence-electron chi connectivity index (χ4n) is 3.24. The molecule has 0 spiro atoms. The molecule has 3 rings (SSSR count). The number of anilines is 1. The van der Waals surface area contributed by atoms with Crippen LogP contribution in [0, 0.1) is 5.92 Å². The molecule has 2 aromatic rings. The van der Waals surface area contributed by atoms with Gasteiger partial charge in [0.05, 0.1) is 0 Å². The van der Waals surface area contributed by atoms with Crippen LogP contribution >= 0.6 is 0 Å². The van der Waals surface area contributed by atoms with Gasteiger partial charge in [-0.2, -0.15) is 0 Å². The summed E-state index contributed by atoms with van der Waals surface area (Å²) in [6, 6.07) is 19.4. The average molecular weight is 279 g/mol. The van der Waals surface area contributed by atoms with Gasteiger partial charge in [0.25, 0.3) is 0 Å². The molecule has 1 nitrogen and oxygen atoms in total. The van der Waals surface area contributed by atoms with Crippen LogP contribution in [0.15, 0.2) is 54.6 Å². The van der Waals surface area contributed by atoms with Gasteiger partial charge in [0, 0.05) is 12.2 Å². The smallest absolute Gasteiger partial charge is 0.0340 e. The van der Waals surface area contributed by atoms with E-state index in [1.54, 1.807) is 0 Å². The molecular weight excluding hydrogens is 254 g/mol. The summed E-state index contributed by atoms with van der Waals surface area (Å²) in [6.45, 7) is 1.13. The van der Waals surface area contributed by atoms with Crippen molar-refractivity contribution in [2.24, 2.45) is 5.92 Å². The van der Waals surface area contributed by atoms with Gasteiger partial charge < -0.3 is 5.32 Å². The SMILES string of the molecule is c1ccc(-c2ccc(NCC3CCCCCC3)cc2)cc1. The van der Waals surface area contributed by atoms with E-state index in [0.717, 1.165) is 12.5 Å². The average Bonchev–Trinajstić information content (AvgIpc) is 2.83. The Morgan fingerprint density at radius 2 is 1.33 bits per heavy atom. The van der Waals surface area contributed by atoms with Crippen LogP contribution in [0.3, 0.4) is 0 Å². The molecule has 0 aromatic heterocycles. The zero-order valence-electron chi connectivity index (χ0n) is 12.7. The number of nitrogens with one attached hydrogen (secondary N) is 1. The van der Waals surface area contributed by atoms with E-state index in [4.69, 9.17) is 0 Å². The maximum Gasteiger partial charge on any atom is 0.0340 e. The van der Waals surface area contributed by atoms with Gasteiger partial charge in [0.15, 0.2) is 0 Å². The van der Waals surface area contributed by atoms with Crippen LogP contribution < -0.4 is 5.32 Å². The second-order valence-electron chi connectivity index (χ2n) is 6.18. The Labute approximate surface area is 128 Å². The maximum atomic E-state index is 3.62. The first kappa shape index (κ1) is 14.2. The summed E-state index contributed by atoms with van der Waals surface area (Å²) in [5, 5.41) is 3.62. The summed E-state index contributed by atoms with van der Waals surface area (Å²) in [5.74, 6) is 0.862. The van der Waals surface area contributed by atoms with Crippen molar-refractivity contribution >= 4 is 5.69 Å². The van der Waals surface area contributed by atoms with Crippen LogP contribution in [0.5, 0.6) is 0 Å². The first-order chi connectivity index (χ1) is 10.4. The molecule has 0 aliphatic heterocycles. The zero-order chi connectivity index (χ0) is 14.3. The van der Waals surface area contributed by atoms with Crippen LogP contribution in [0.1, 0.15) is 38.5 Å². The Bertz CT molecular complexity index is 522. The molecule has 1 heteroatoms. The molecule has 1 N–H and O–H groups in total. The topological polar surface area (TPSA) is 12.0 Å². The van der Waals surface area contributed by atoms with Gasteiger partial charge in [0.2, 0.25) is 0 Å². The van der Waals surface area contributed by atoms with Gasteiger partial charge in [0.1, 0.15) is 0 Å². The molecule has 1 aliphatic rings. The predicted molar refractivity (Wildman–Crippen MR) is 91.6 cm³/mol. The van der Waals surface area contributed by atoms with Crippen LogP contribution in [-0.4, -0.2) is 6.54 Å². The van der Waals surface area contributed by atoms with E-state index in [1.807, 2.05) is 0 Å². The molecular formula is C20H25N. The standard InChI is InChI=1S/C20H25N/c1-2-5-9-17(8-4-1)16-21-20-14-12-19(13-15-20)18-10-6-3-7-11-18/h3,6-7,10-15,17,21H,1-2,4-5,8-9,16H2. The maximum absolute atomic E-state index is 3.62. The fraction of sp³-hybridized carbons (Fsp3) is 0.400. The molecule has 1 aliphatic carbocycles. The van der Waals surface area contributed by atoms with Crippen molar-refractivity contribution in [3.05, 3.63) is 54.6 Å². The highest BCUT2D eigenvalue weighted by Gasteiger charge is 2.11. The second kappa shape index (κ2) is 7.31. The number of hydrogen-bond acceptors (Lipinski definition) is 1. The van der Waals surface area contributed by atoms with Gasteiger partial charge in [-0.15, -0.1) is 0 Å². The van der Waals surface area contributed by atoms with Crippen molar-refractivity contribution < 1.29 is 0 Å². The van der Waals surface area contributed by atoms with Gasteiger partial charge in [-0.05, 0) is 42.0 Å². The minimum atomic E-state index is 0.862. The first-order valence-electron chi connectivity index (χ1n) is 8.31. The normalized spacial score (nSPS) is 16.4. The van der Waals surface area contributed by atoms with E-state index in [1.165, 1.54) is 55.3 Å². The molecule has 0 atom stereocenters. The summed E-state index contributed by atoms with van der Waals surface area (Å²) >= 11 is 0. The van der Waals surface area contributed by atoms with Crippen molar-refractivity contribution in [1.82, 2.24) is 0 Å². The van der Waals surface area contributed by atoms with Crippen LogP contribution in [0.25, 0.3) is 11.1 Å². The lowest BCUT2D eigenvalue weighted by atomic mass is 10.0. The van der Waals surface area contributed by atoms with E-state index in [2.05, 4.69) is 59.9 Å². The highest BCUT2D eigenvalue weighted by molar-refractivity contribution is 5.65. The number of hydrogen-bond donors (Lipinski definition) is 1. The third-order valence-corrected chi connectivity index (χ3v) is 4.56. The molecule has 1 saturated carbocycles. The lowest BCUT2D eigenvalue weighted by molar-refractivity contribution is 0.483. The van der Waals surface area contributed by atoms with Crippen molar-refractivity contribution in [2.45, 2.75) is 38.5 Å². The predicted octanol–water partition coefficient (Wildman–Crippen LogP) is 5.74. The van der Waals surface area contributed by atoms with Crippen molar-refractivity contribution in [1.29, 1.82) is 0 Å². The van der Waals surface area contributed by atoms with E-state index < -0.39 is 0 Å². The molecule has 0 amide bonds. The molecule has 1 fully saturated rings. The Hall–Kier alpha value is -1.76. The Balaban J connectivity index is 1.57. The quantitative estimate of drug-likeness (QED) is 0.704. The largest absolute Gasteiger partial charge is 0.385 e. The lowest BCUT2D eigenvalue weighted by Gasteiger charge is -2.16. The van der Waals surface area contributed by atoms with Crippen molar-refractivity contribution in [3.8, 4) is 11.1 Å². The number of rotatable bonds is 4. The molecule has 2 aromatic carbocycles. The molecule has 0 saturated heterocycles. The van der Waals surface area contributed by atoms with E-state index in [9.17, 15) is 0 Å². The summed E-state index contributed by atoms with van der Waals surface area (Å²) < 4.78 is 0. The fourth-order valence-corrected chi connectivity index (χ4v) is 3.24. The van der Waals surface area contributed by atoms with Crippen LogP contribution in [-0.2, 0) is 0 Å². The minimum Gasteiger partial charge on any atom is -0.385 e. The van der Waals surface area contributed by atoms with Crippen LogP contribution in [0.4, 0.5) is 5.69 Å². The molecule has 0 bridgehead atoms. The van der Waals surface area contributed by atoms with Gasteiger partial charge in [-0.3, -0.25) is 0 Å². The lowest BCUT2D eigenvalue weighted by Crippen LogP contribution is -2.13. The molecule has 0 heterocycles. The Kier molecular flexibility index (Phi) is 4.94. The molecule has 21 heavy (non-hydrogen) atoms. The summed E-state index contributed by atoms with van der Waals surface area (Å²) in [4.78, 5) is 0. The molecule has 0 unspecified atom stereocenters. The highest BCUT2D eigenvalue weighted by atomic mass is 14.9. The third kappa shape index (κ3) is 4.10. The van der Waals surface area contributed by atoms with Gasteiger partial charge in [-0.1, -0.05) is 68.1 Å². The number of benzene rings is 2. The molecule has 0 radical (unpaired) electrons. The summed E-state index contributed by atoms with van der Waals surface area (Å²) in [7, 11) is 0. The Morgan fingerprint density at radius 1 is 0.714 bits per heavy atom. The van der Waals surface area contributed by atoms with Crippen molar-refractivity contribution in [3.63, 3.8) is 0 Å². The van der Waals surface area contributed by atoms with E-state index in [0.29, 0.717) is 0 Å². The molecule has 110 valence electrons. The highest BCUT2D eigenvalue weighted by Crippen LogP contribution is 2.24. The van der Waals surface area contributed by atoms with Crippen molar-refractivity contribution in [2.75, 3.05) is 11.9 Å². The minimum absolute atomic E-state index is 0.862. The van der Waals surface area contributed by atoms with E-state index in [-0.39, 0.29) is 0 Å². The summed E-state index contributed by atoms with van der Waals surface area (Å²) in [5.41, 5.74) is 3.82. The van der Waals surface area contributed by atoms with Gasteiger partial charge >= 0.3 is 0 Å². The van der Waals surface area contributed by atoms with E-state index >= 15 is 0 Å². The zero-order valence-corrected chi connectivity index (χ0v) is 12.7. The summed E-state index contributed by atoms with van der Waals surface area (Å²) in [6.07, 6.45) is 8.49. The second-order valence-corrected chi connectivity index (χ2v) is 6.18. The van der Waals surface area contributed by atoms with Gasteiger partial charge in [-0.25, -0.2) is 0 Å².